The fourth-order valence-electron chi connectivity index (χ4n) is 3.29. The van der Waals surface area contributed by atoms with E-state index in [1.165, 1.54) is 95.5 Å². The summed E-state index contributed by atoms with van der Waals surface area (Å²) in [4.78, 5) is 0. The Morgan fingerprint density at radius 1 is 0.720 bits per heavy atom. The molecule has 0 aliphatic carbocycles. The number of benzene rings is 1. The summed E-state index contributed by atoms with van der Waals surface area (Å²) in [5.41, 5.74) is 1.26. The third-order valence-electron chi connectivity index (χ3n) is 4.89. The summed E-state index contributed by atoms with van der Waals surface area (Å²) < 4.78 is 0. The van der Waals surface area contributed by atoms with Gasteiger partial charge in [-0.15, -0.1) is 0 Å². The summed E-state index contributed by atoms with van der Waals surface area (Å²) in [6.45, 7) is 2.28. The summed E-state index contributed by atoms with van der Waals surface area (Å²) in [5, 5.41) is 9.44. The van der Waals surface area contributed by atoms with Gasteiger partial charge < -0.3 is 5.11 Å². The molecule has 1 N–H and O–H groups in total. The first-order valence-corrected chi connectivity index (χ1v) is 10.8. The van der Waals surface area contributed by atoms with Crippen LogP contribution in [0.1, 0.15) is 102 Å². The molecule has 0 atom stereocenters. The molecule has 0 fully saturated rings. The number of hydrogen-bond acceptors (Lipinski definition) is 1. The van der Waals surface area contributed by atoms with Gasteiger partial charge in [0.05, 0.1) is 0 Å². The Labute approximate surface area is 156 Å². The van der Waals surface area contributed by atoms with E-state index in [9.17, 15) is 5.11 Å². The molecule has 0 aromatic heterocycles. The van der Waals surface area contributed by atoms with Gasteiger partial charge in [-0.3, -0.25) is 0 Å². The van der Waals surface area contributed by atoms with Crippen molar-refractivity contribution in [1.82, 2.24) is 0 Å². The molecule has 0 bridgehead atoms. The van der Waals surface area contributed by atoms with E-state index in [0.717, 1.165) is 6.42 Å². The summed E-state index contributed by atoms with van der Waals surface area (Å²) in [7, 11) is 0. The van der Waals surface area contributed by atoms with Crippen LogP contribution in [0.25, 0.3) is 0 Å². The number of phenolic OH excluding ortho intramolecular Hbond substituents is 1. The molecule has 0 aliphatic rings. The Morgan fingerprint density at radius 3 is 1.88 bits per heavy atom. The summed E-state index contributed by atoms with van der Waals surface area (Å²) in [6, 6.07) is 7.67. The Morgan fingerprint density at radius 2 is 1.28 bits per heavy atom. The van der Waals surface area contributed by atoms with Crippen LogP contribution in [0.5, 0.6) is 5.75 Å². The van der Waals surface area contributed by atoms with Crippen molar-refractivity contribution in [3.8, 4) is 5.75 Å². The van der Waals surface area contributed by atoms with Crippen molar-refractivity contribution in [2.45, 2.75) is 103 Å². The molecule has 0 aliphatic heterocycles. The van der Waals surface area contributed by atoms with Crippen molar-refractivity contribution < 1.29 is 5.11 Å². The molecule has 25 heavy (non-hydrogen) atoms. The highest BCUT2D eigenvalue weighted by atomic mass is 16.3. The van der Waals surface area contributed by atoms with Gasteiger partial charge in [-0.25, -0.2) is 0 Å². The number of allylic oxidation sites excluding steroid dienone is 2. The lowest BCUT2D eigenvalue weighted by molar-refractivity contribution is 0.474. The molecule has 0 heterocycles. The lowest BCUT2D eigenvalue weighted by Crippen LogP contribution is -1.86. The Bertz CT molecular complexity index is 435. The van der Waals surface area contributed by atoms with E-state index in [4.69, 9.17) is 0 Å². The standard InChI is InChI=1S/C24H40O/c1-2-3-4-5-6-7-8-9-10-11-12-13-14-15-16-17-19-23-20-18-21-24(25)22-23/h9-10,18,20-22,25H,2-8,11-17,19H2,1H3/b10-9+. The van der Waals surface area contributed by atoms with E-state index in [0.29, 0.717) is 5.75 Å². The monoisotopic (exact) mass is 344 g/mol. The topological polar surface area (TPSA) is 20.2 Å². The molecule has 0 radical (unpaired) electrons. The molecule has 1 aromatic rings. The first-order chi connectivity index (χ1) is 12.3. The van der Waals surface area contributed by atoms with Gasteiger partial charge in [0.2, 0.25) is 0 Å². The molecule has 1 nitrogen and oxygen atoms in total. The van der Waals surface area contributed by atoms with Crippen molar-refractivity contribution in [3.05, 3.63) is 42.0 Å². The average Bonchev–Trinajstić information content (AvgIpc) is 2.61. The largest absolute Gasteiger partial charge is 0.508 e. The third kappa shape index (κ3) is 13.7. The molecule has 1 heteroatoms. The van der Waals surface area contributed by atoms with Crippen LogP contribution in [0.15, 0.2) is 36.4 Å². The number of phenols is 1. The Kier molecular flexibility index (Phi) is 14.2. The number of hydrogen-bond donors (Lipinski definition) is 1. The highest BCUT2D eigenvalue weighted by Gasteiger charge is 1.96. The smallest absolute Gasteiger partial charge is 0.115 e. The van der Waals surface area contributed by atoms with Crippen molar-refractivity contribution in [2.24, 2.45) is 0 Å². The molecule has 142 valence electrons. The minimum Gasteiger partial charge on any atom is -0.508 e. The van der Waals surface area contributed by atoms with Crippen LogP contribution in [0.4, 0.5) is 0 Å². The van der Waals surface area contributed by atoms with Crippen LogP contribution >= 0.6 is 0 Å². The molecule has 0 unspecified atom stereocenters. The molecule has 0 saturated heterocycles. The number of aryl methyl sites for hydroxylation is 1. The van der Waals surface area contributed by atoms with E-state index in [1.807, 2.05) is 12.1 Å². The zero-order chi connectivity index (χ0) is 18.0. The van der Waals surface area contributed by atoms with Gasteiger partial charge in [0.1, 0.15) is 5.75 Å². The maximum Gasteiger partial charge on any atom is 0.115 e. The predicted octanol–water partition coefficient (Wildman–Crippen LogP) is 7.97. The van der Waals surface area contributed by atoms with E-state index in [-0.39, 0.29) is 0 Å². The minimum atomic E-state index is 0.391. The number of rotatable bonds is 16. The second kappa shape index (κ2) is 16.2. The van der Waals surface area contributed by atoms with Crippen LogP contribution in [0, 0.1) is 0 Å². The van der Waals surface area contributed by atoms with E-state index < -0.39 is 0 Å². The summed E-state index contributed by atoms with van der Waals surface area (Å²) >= 11 is 0. The SMILES string of the molecule is CCCCCCCC/C=C/CCCCCCCCc1cccc(O)c1. The maximum absolute atomic E-state index is 9.44. The molecule has 0 spiro atoms. The van der Waals surface area contributed by atoms with Crippen LogP contribution in [0.2, 0.25) is 0 Å². The summed E-state index contributed by atoms with van der Waals surface area (Å²) in [5.74, 6) is 0.391. The molecule has 1 aromatic carbocycles. The fraction of sp³-hybridized carbons (Fsp3) is 0.667. The van der Waals surface area contributed by atoms with Crippen molar-refractivity contribution in [1.29, 1.82) is 0 Å². The van der Waals surface area contributed by atoms with Crippen molar-refractivity contribution in [3.63, 3.8) is 0 Å². The van der Waals surface area contributed by atoms with Gasteiger partial charge in [-0.05, 0) is 56.2 Å². The molecular weight excluding hydrogens is 304 g/mol. The first-order valence-electron chi connectivity index (χ1n) is 10.8. The third-order valence-corrected chi connectivity index (χ3v) is 4.89. The zero-order valence-corrected chi connectivity index (χ0v) is 16.5. The fourth-order valence-corrected chi connectivity index (χ4v) is 3.29. The quantitative estimate of drug-likeness (QED) is 0.238. The average molecular weight is 345 g/mol. The molecule has 0 amide bonds. The Hall–Kier alpha value is -1.24. The van der Waals surface area contributed by atoms with Gasteiger partial charge in [-0.1, -0.05) is 89.0 Å². The first kappa shape index (κ1) is 21.8. The van der Waals surface area contributed by atoms with Gasteiger partial charge in [0, 0.05) is 0 Å². The normalized spacial score (nSPS) is 11.4. The van der Waals surface area contributed by atoms with E-state index >= 15 is 0 Å². The molecule has 1 rings (SSSR count). The van der Waals surface area contributed by atoms with Crippen molar-refractivity contribution in [2.75, 3.05) is 0 Å². The Balaban J connectivity index is 1.80. The lowest BCUT2D eigenvalue weighted by atomic mass is 10.0. The molecular formula is C24H40O. The highest BCUT2D eigenvalue weighted by Crippen LogP contribution is 2.15. The summed E-state index contributed by atoms with van der Waals surface area (Å²) in [6.07, 6.45) is 24.8. The van der Waals surface area contributed by atoms with Crippen LogP contribution in [-0.4, -0.2) is 5.11 Å². The van der Waals surface area contributed by atoms with Gasteiger partial charge in [0.15, 0.2) is 0 Å². The molecule has 0 saturated carbocycles. The zero-order valence-electron chi connectivity index (χ0n) is 16.5. The maximum atomic E-state index is 9.44. The number of unbranched alkanes of at least 4 members (excludes halogenated alkanes) is 12. The second-order valence-electron chi connectivity index (χ2n) is 7.36. The van der Waals surface area contributed by atoms with Gasteiger partial charge in [-0.2, -0.15) is 0 Å². The second-order valence-corrected chi connectivity index (χ2v) is 7.36. The van der Waals surface area contributed by atoms with E-state index in [1.54, 1.807) is 6.07 Å². The predicted molar refractivity (Wildman–Crippen MR) is 111 cm³/mol. The lowest BCUT2D eigenvalue weighted by Gasteiger charge is -2.03. The van der Waals surface area contributed by atoms with Gasteiger partial charge >= 0.3 is 0 Å². The van der Waals surface area contributed by atoms with Crippen LogP contribution in [0.3, 0.4) is 0 Å². The van der Waals surface area contributed by atoms with Crippen LogP contribution in [-0.2, 0) is 6.42 Å². The number of aromatic hydroxyl groups is 1. The highest BCUT2D eigenvalue weighted by molar-refractivity contribution is 5.27. The van der Waals surface area contributed by atoms with Crippen molar-refractivity contribution >= 4 is 0 Å². The van der Waals surface area contributed by atoms with Crippen LogP contribution < -0.4 is 0 Å². The van der Waals surface area contributed by atoms with Gasteiger partial charge in [0.25, 0.3) is 0 Å². The van der Waals surface area contributed by atoms with E-state index in [2.05, 4.69) is 25.1 Å². The minimum absolute atomic E-state index is 0.391.